The van der Waals surface area contributed by atoms with Gasteiger partial charge in [0.05, 0.1) is 18.8 Å². The van der Waals surface area contributed by atoms with Gasteiger partial charge in [-0.2, -0.15) is 13.2 Å². The third kappa shape index (κ3) is 4.53. The van der Waals surface area contributed by atoms with E-state index in [0.29, 0.717) is 13.2 Å². The van der Waals surface area contributed by atoms with E-state index in [4.69, 9.17) is 9.47 Å². The molecule has 0 spiro atoms. The van der Waals surface area contributed by atoms with Crippen molar-refractivity contribution in [2.45, 2.75) is 37.5 Å². The van der Waals surface area contributed by atoms with Crippen molar-refractivity contribution in [2.75, 3.05) is 26.3 Å². The number of piperidine rings is 1. The first-order chi connectivity index (χ1) is 15.2. The minimum Gasteiger partial charge on any atom is -0.449 e. The fourth-order valence-electron chi connectivity index (χ4n) is 4.42. The molecule has 0 bridgehead atoms. The van der Waals surface area contributed by atoms with Gasteiger partial charge in [0, 0.05) is 31.3 Å². The molecule has 0 N–H and O–H groups in total. The van der Waals surface area contributed by atoms with Crippen LogP contribution in [0, 0.1) is 0 Å². The van der Waals surface area contributed by atoms with E-state index >= 15 is 0 Å². The van der Waals surface area contributed by atoms with Crippen LogP contribution in [0.3, 0.4) is 0 Å². The molecule has 0 amide bonds. The standard InChI is InChI=1S/C25H26F3NO3/c1-17(19-3-7-22(8-4-19)24(15-31-16-24)32-18(2)30)29-13-11-21(12-14-29)20-5-9-23(10-6-20)25(26,27)28/h3-10,21H,1,11-16H2,2H3. The lowest BCUT2D eigenvalue weighted by Crippen LogP contribution is -2.49. The molecule has 2 aromatic carbocycles. The molecule has 7 heteroatoms. The summed E-state index contributed by atoms with van der Waals surface area (Å²) in [5.41, 5.74) is 2.43. The van der Waals surface area contributed by atoms with Gasteiger partial charge in [0.2, 0.25) is 0 Å². The molecule has 32 heavy (non-hydrogen) atoms. The second-order valence-electron chi connectivity index (χ2n) is 8.49. The van der Waals surface area contributed by atoms with Crippen LogP contribution >= 0.6 is 0 Å². The van der Waals surface area contributed by atoms with E-state index in [1.165, 1.54) is 6.92 Å². The average Bonchev–Trinajstić information content (AvgIpc) is 2.75. The van der Waals surface area contributed by atoms with E-state index in [1.54, 1.807) is 12.1 Å². The Balaban J connectivity index is 1.37. The van der Waals surface area contributed by atoms with Gasteiger partial charge in [-0.15, -0.1) is 0 Å². The zero-order valence-electron chi connectivity index (χ0n) is 18.0. The zero-order valence-corrected chi connectivity index (χ0v) is 18.0. The molecule has 170 valence electrons. The van der Waals surface area contributed by atoms with E-state index in [2.05, 4.69) is 11.5 Å². The van der Waals surface area contributed by atoms with Crippen molar-refractivity contribution in [1.82, 2.24) is 4.90 Å². The van der Waals surface area contributed by atoms with Gasteiger partial charge in [-0.1, -0.05) is 43.0 Å². The van der Waals surface area contributed by atoms with Crippen LogP contribution in [0.1, 0.15) is 47.9 Å². The maximum atomic E-state index is 12.8. The maximum absolute atomic E-state index is 12.8. The molecule has 2 aliphatic rings. The lowest BCUT2D eigenvalue weighted by Gasteiger charge is -2.40. The lowest BCUT2D eigenvalue weighted by molar-refractivity contribution is -0.216. The summed E-state index contributed by atoms with van der Waals surface area (Å²) in [6.45, 7) is 7.93. The van der Waals surface area contributed by atoms with Gasteiger partial charge >= 0.3 is 12.1 Å². The summed E-state index contributed by atoms with van der Waals surface area (Å²) in [5, 5.41) is 0. The largest absolute Gasteiger partial charge is 0.449 e. The average molecular weight is 445 g/mol. The molecule has 2 saturated heterocycles. The van der Waals surface area contributed by atoms with E-state index in [0.717, 1.165) is 60.5 Å². The van der Waals surface area contributed by atoms with Crippen LogP contribution in [0.5, 0.6) is 0 Å². The van der Waals surface area contributed by atoms with Gasteiger partial charge < -0.3 is 14.4 Å². The molecule has 0 radical (unpaired) electrons. The molecular weight excluding hydrogens is 419 g/mol. The lowest BCUT2D eigenvalue weighted by atomic mass is 9.88. The highest BCUT2D eigenvalue weighted by atomic mass is 19.4. The Labute approximate surface area is 185 Å². The predicted octanol–water partition coefficient (Wildman–Crippen LogP) is 5.34. The van der Waals surface area contributed by atoms with Gasteiger partial charge in [-0.25, -0.2) is 0 Å². The number of nitrogens with zero attached hydrogens (tertiary/aromatic N) is 1. The number of carbonyl (C=O) groups is 1. The molecule has 2 aromatic rings. The van der Waals surface area contributed by atoms with Gasteiger partial charge in [0.25, 0.3) is 0 Å². The van der Waals surface area contributed by atoms with Crippen molar-refractivity contribution in [3.05, 3.63) is 77.4 Å². The van der Waals surface area contributed by atoms with E-state index in [-0.39, 0.29) is 11.9 Å². The molecular formula is C25H26F3NO3. The van der Waals surface area contributed by atoms with Crippen LogP contribution in [0.4, 0.5) is 13.2 Å². The van der Waals surface area contributed by atoms with Crippen LogP contribution in [0.15, 0.2) is 55.1 Å². The normalized spacial score (nSPS) is 18.7. The summed E-state index contributed by atoms with van der Waals surface area (Å²) in [6, 6.07) is 13.4. The van der Waals surface area contributed by atoms with Gasteiger partial charge in [-0.05, 0) is 42.0 Å². The fraction of sp³-hybridized carbons (Fsp3) is 0.400. The smallest absolute Gasteiger partial charge is 0.416 e. The number of halogens is 3. The highest BCUT2D eigenvalue weighted by Crippen LogP contribution is 2.36. The Morgan fingerprint density at radius 1 is 1.06 bits per heavy atom. The van der Waals surface area contributed by atoms with Crippen molar-refractivity contribution in [3.63, 3.8) is 0 Å². The molecule has 0 unspecified atom stereocenters. The number of esters is 1. The van der Waals surface area contributed by atoms with E-state index < -0.39 is 17.3 Å². The summed E-state index contributed by atoms with van der Waals surface area (Å²) >= 11 is 0. The summed E-state index contributed by atoms with van der Waals surface area (Å²) in [4.78, 5) is 13.7. The first kappa shape index (κ1) is 22.4. The van der Waals surface area contributed by atoms with E-state index in [1.807, 2.05) is 24.3 Å². The topological polar surface area (TPSA) is 38.8 Å². The first-order valence-corrected chi connectivity index (χ1v) is 10.7. The summed E-state index contributed by atoms with van der Waals surface area (Å²) < 4.78 is 49.1. The number of carbonyl (C=O) groups excluding carboxylic acids is 1. The molecule has 4 nitrogen and oxygen atoms in total. The quantitative estimate of drug-likeness (QED) is 0.582. The van der Waals surface area contributed by atoms with Gasteiger partial charge in [0.15, 0.2) is 5.60 Å². The van der Waals surface area contributed by atoms with Crippen molar-refractivity contribution in [3.8, 4) is 0 Å². The first-order valence-electron chi connectivity index (χ1n) is 10.7. The second kappa shape index (κ2) is 8.62. The highest BCUT2D eigenvalue weighted by molar-refractivity contribution is 5.67. The van der Waals surface area contributed by atoms with Crippen molar-refractivity contribution >= 4 is 11.7 Å². The monoisotopic (exact) mass is 445 g/mol. The summed E-state index contributed by atoms with van der Waals surface area (Å²) in [7, 11) is 0. The van der Waals surface area contributed by atoms with Crippen LogP contribution in [-0.4, -0.2) is 37.2 Å². The third-order valence-corrected chi connectivity index (χ3v) is 6.34. The number of ether oxygens (including phenoxy) is 2. The number of hydrogen-bond acceptors (Lipinski definition) is 4. The van der Waals surface area contributed by atoms with Crippen molar-refractivity contribution in [2.24, 2.45) is 0 Å². The maximum Gasteiger partial charge on any atom is 0.416 e. The Hall–Kier alpha value is -2.80. The number of rotatable bonds is 5. The minimum absolute atomic E-state index is 0.242. The van der Waals surface area contributed by atoms with Crippen LogP contribution in [0.25, 0.3) is 5.70 Å². The summed E-state index contributed by atoms with van der Waals surface area (Å²) in [5.74, 6) is -0.0939. The molecule has 0 aliphatic carbocycles. The zero-order chi connectivity index (χ0) is 22.9. The SMILES string of the molecule is C=C(c1ccc(C2(OC(C)=O)COC2)cc1)N1CCC(c2ccc(C(F)(F)F)cc2)CC1. The highest BCUT2D eigenvalue weighted by Gasteiger charge is 2.43. The molecule has 2 fully saturated rings. The van der Waals surface area contributed by atoms with Crippen LogP contribution in [-0.2, 0) is 26.0 Å². The Kier molecular flexibility index (Phi) is 6.03. The van der Waals surface area contributed by atoms with Gasteiger partial charge in [0.1, 0.15) is 0 Å². The minimum atomic E-state index is -4.31. The van der Waals surface area contributed by atoms with Gasteiger partial charge in [-0.3, -0.25) is 4.79 Å². The number of benzene rings is 2. The Bertz CT molecular complexity index is 971. The number of alkyl halides is 3. The number of likely N-dealkylation sites (tertiary alicyclic amines) is 1. The van der Waals surface area contributed by atoms with Crippen molar-refractivity contribution in [1.29, 1.82) is 0 Å². The predicted molar refractivity (Wildman–Crippen MR) is 115 cm³/mol. The Morgan fingerprint density at radius 3 is 2.12 bits per heavy atom. The summed E-state index contributed by atoms with van der Waals surface area (Å²) in [6.07, 6.45) is -2.59. The molecule has 0 aromatic heterocycles. The van der Waals surface area contributed by atoms with Crippen molar-refractivity contribution < 1.29 is 27.4 Å². The Morgan fingerprint density at radius 2 is 1.66 bits per heavy atom. The van der Waals surface area contributed by atoms with E-state index in [9.17, 15) is 18.0 Å². The molecule has 2 heterocycles. The fourth-order valence-corrected chi connectivity index (χ4v) is 4.42. The molecule has 4 rings (SSSR count). The van der Waals surface area contributed by atoms with Crippen LogP contribution < -0.4 is 0 Å². The molecule has 0 atom stereocenters. The molecule has 2 aliphatic heterocycles. The van der Waals surface area contributed by atoms with Crippen LogP contribution in [0.2, 0.25) is 0 Å². The third-order valence-electron chi connectivity index (χ3n) is 6.34. The molecule has 0 saturated carbocycles. The number of hydrogen-bond donors (Lipinski definition) is 0. The second-order valence-corrected chi connectivity index (χ2v) is 8.49.